The number of rotatable bonds is 6. The summed E-state index contributed by atoms with van der Waals surface area (Å²) in [5.41, 5.74) is 2.21. The molecule has 4 nitrogen and oxygen atoms in total. The van der Waals surface area contributed by atoms with E-state index in [0.717, 1.165) is 29.8 Å². The first-order chi connectivity index (χ1) is 9.69. The van der Waals surface area contributed by atoms with Crippen molar-refractivity contribution in [3.05, 3.63) is 47.8 Å². The average Bonchev–Trinajstić information content (AvgIpc) is 2.47. The highest BCUT2D eigenvalue weighted by molar-refractivity contribution is 5.35. The molecule has 4 heteroatoms. The van der Waals surface area contributed by atoms with Gasteiger partial charge in [-0.3, -0.25) is 0 Å². The van der Waals surface area contributed by atoms with Crippen molar-refractivity contribution in [3.8, 4) is 11.8 Å². The Bertz CT molecular complexity index is 538. The van der Waals surface area contributed by atoms with Gasteiger partial charge in [0.1, 0.15) is 5.75 Å². The fourth-order valence-corrected chi connectivity index (χ4v) is 1.80. The number of ether oxygens (including phenoxy) is 1. The van der Waals surface area contributed by atoms with Gasteiger partial charge in [-0.05, 0) is 18.1 Å². The van der Waals surface area contributed by atoms with E-state index in [9.17, 15) is 0 Å². The van der Waals surface area contributed by atoms with Gasteiger partial charge in [-0.15, -0.1) is 0 Å². The van der Waals surface area contributed by atoms with Gasteiger partial charge < -0.3 is 10.1 Å². The second kappa shape index (κ2) is 7.01. The topological polar surface area (TPSA) is 47.0 Å². The molecule has 1 aromatic carbocycles. The monoisotopic (exact) mass is 271 g/mol. The van der Waals surface area contributed by atoms with Crippen LogP contribution in [0.1, 0.15) is 31.9 Å². The Labute approximate surface area is 120 Å². The van der Waals surface area contributed by atoms with Crippen LogP contribution >= 0.6 is 0 Å². The molecule has 0 radical (unpaired) electrons. The molecule has 0 aliphatic rings. The molecule has 0 amide bonds. The smallest absolute Gasteiger partial charge is 0.321 e. The summed E-state index contributed by atoms with van der Waals surface area (Å²) in [6.45, 7) is 7.09. The van der Waals surface area contributed by atoms with Crippen LogP contribution in [0.25, 0.3) is 0 Å². The van der Waals surface area contributed by atoms with Crippen molar-refractivity contribution < 1.29 is 4.74 Å². The molecule has 106 valence electrons. The van der Waals surface area contributed by atoms with Gasteiger partial charge in [-0.25, -0.2) is 9.97 Å². The number of para-hydroxylation sites is 1. The Hall–Kier alpha value is -1.94. The minimum absolute atomic E-state index is 0.388. The van der Waals surface area contributed by atoms with Gasteiger partial charge in [-0.2, -0.15) is 0 Å². The van der Waals surface area contributed by atoms with Crippen LogP contribution < -0.4 is 10.1 Å². The predicted molar refractivity (Wildman–Crippen MR) is 79.9 cm³/mol. The van der Waals surface area contributed by atoms with Crippen LogP contribution in [0.4, 0.5) is 0 Å². The average molecular weight is 271 g/mol. The Balaban J connectivity index is 2.03. The zero-order valence-corrected chi connectivity index (χ0v) is 12.3. The highest BCUT2D eigenvalue weighted by atomic mass is 16.5. The molecule has 0 aliphatic carbocycles. The summed E-state index contributed by atoms with van der Waals surface area (Å²) in [4.78, 5) is 8.51. The number of hydrogen-bond donors (Lipinski definition) is 1. The van der Waals surface area contributed by atoms with Crippen LogP contribution in [-0.2, 0) is 13.0 Å². The van der Waals surface area contributed by atoms with Crippen molar-refractivity contribution >= 4 is 0 Å². The summed E-state index contributed by atoms with van der Waals surface area (Å²) in [7, 11) is 0. The van der Waals surface area contributed by atoms with E-state index in [1.807, 2.05) is 18.2 Å². The van der Waals surface area contributed by atoms with Gasteiger partial charge in [0.25, 0.3) is 0 Å². The summed E-state index contributed by atoms with van der Waals surface area (Å²) in [6.07, 6.45) is 4.52. The van der Waals surface area contributed by atoms with Crippen LogP contribution in [-0.4, -0.2) is 16.0 Å². The van der Waals surface area contributed by atoms with E-state index in [1.165, 1.54) is 0 Å². The fraction of sp³-hybridized carbons (Fsp3) is 0.375. The van der Waals surface area contributed by atoms with Gasteiger partial charge in [0, 0.05) is 30.5 Å². The maximum atomic E-state index is 5.74. The summed E-state index contributed by atoms with van der Waals surface area (Å²) >= 11 is 0. The molecule has 0 saturated carbocycles. The summed E-state index contributed by atoms with van der Waals surface area (Å²) < 4.78 is 5.74. The third kappa shape index (κ3) is 4.03. The minimum atomic E-state index is 0.388. The molecule has 20 heavy (non-hydrogen) atoms. The zero-order chi connectivity index (χ0) is 14.4. The maximum absolute atomic E-state index is 5.74. The van der Waals surface area contributed by atoms with Crippen molar-refractivity contribution in [1.82, 2.24) is 15.3 Å². The Morgan fingerprint density at radius 3 is 2.50 bits per heavy atom. The molecule has 1 aromatic heterocycles. The minimum Gasteiger partial charge on any atom is -0.424 e. The lowest BCUT2D eigenvalue weighted by Gasteiger charge is -2.09. The van der Waals surface area contributed by atoms with Crippen LogP contribution in [0.2, 0.25) is 0 Å². The first-order valence-electron chi connectivity index (χ1n) is 6.99. The number of nitrogens with one attached hydrogen (secondary N) is 1. The highest BCUT2D eigenvalue weighted by Crippen LogP contribution is 2.22. The van der Waals surface area contributed by atoms with Crippen molar-refractivity contribution in [1.29, 1.82) is 0 Å². The van der Waals surface area contributed by atoms with E-state index in [0.29, 0.717) is 12.1 Å². The van der Waals surface area contributed by atoms with E-state index >= 15 is 0 Å². The quantitative estimate of drug-likeness (QED) is 0.875. The molecule has 1 heterocycles. The molecule has 1 N–H and O–H groups in total. The van der Waals surface area contributed by atoms with Crippen LogP contribution in [0.5, 0.6) is 11.8 Å². The van der Waals surface area contributed by atoms with Gasteiger partial charge >= 0.3 is 6.01 Å². The van der Waals surface area contributed by atoms with Gasteiger partial charge in [0.15, 0.2) is 0 Å². The van der Waals surface area contributed by atoms with Gasteiger partial charge in [0.2, 0.25) is 0 Å². The Morgan fingerprint density at radius 1 is 1.15 bits per heavy atom. The number of aryl methyl sites for hydroxylation is 1. The van der Waals surface area contributed by atoms with E-state index in [4.69, 9.17) is 4.74 Å². The van der Waals surface area contributed by atoms with Crippen molar-refractivity contribution in [2.45, 2.75) is 39.8 Å². The first kappa shape index (κ1) is 14.5. The maximum Gasteiger partial charge on any atom is 0.321 e. The number of aromatic nitrogens is 2. The lowest BCUT2D eigenvalue weighted by molar-refractivity contribution is 0.435. The Kier molecular flexibility index (Phi) is 5.07. The van der Waals surface area contributed by atoms with Gasteiger partial charge in [-0.1, -0.05) is 39.0 Å². The number of benzene rings is 1. The third-order valence-corrected chi connectivity index (χ3v) is 2.95. The third-order valence-electron chi connectivity index (χ3n) is 2.95. The zero-order valence-electron chi connectivity index (χ0n) is 12.3. The molecule has 0 atom stereocenters. The molecule has 0 aliphatic heterocycles. The molecule has 0 bridgehead atoms. The van der Waals surface area contributed by atoms with Crippen molar-refractivity contribution in [2.75, 3.05) is 0 Å². The normalized spacial score (nSPS) is 10.8. The van der Waals surface area contributed by atoms with Crippen LogP contribution in [0, 0.1) is 0 Å². The molecular weight excluding hydrogens is 250 g/mol. The largest absolute Gasteiger partial charge is 0.424 e. The SMILES string of the molecule is CCc1ccccc1Oc1ncc(CNC(C)C)cn1. The molecule has 0 unspecified atom stereocenters. The Morgan fingerprint density at radius 2 is 1.85 bits per heavy atom. The number of nitrogens with zero attached hydrogens (tertiary/aromatic N) is 2. The number of hydrogen-bond acceptors (Lipinski definition) is 4. The first-order valence-corrected chi connectivity index (χ1v) is 6.99. The summed E-state index contributed by atoms with van der Waals surface area (Å²) in [6, 6.07) is 8.79. The van der Waals surface area contributed by atoms with Crippen LogP contribution in [0.15, 0.2) is 36.7 Å². The molecular formula is C16H21N3O. The standard InChI is InChI=1S/C16H21N3O/c1-4-14-7-5-6-8-15(14)20-16-18-10-13(11-19-16)9-17-12(2)3/h5-8,10-12,17H,4,9H2,1-3H3. The predicted octanol–water partition coefficient (Wildman–Crippen LogP) is 3.33. The highest BCUT2D eigenvalue weighted by Gasteiger charge is 2.05. The van der Waals surface area contributed by atoms with E-state index in [-0.39, 0.29) is 0 Å². The summed E-state index contributed by atoms with van der Waals surface area (Å²) in [5, 5.41) is 3.33. The second-order valence-electron chi connectivity index (χ2n) is 4.97. The molecule has 2 rings (SSSR count). The van der Waals surface area contributed by atoms with E-state index in [1.54, 1.807) is 12.4 Å². The van der Waals surface area contributed by atoms with Crippen molar-refractivity contribution in [2.24, 2.45) is 0 Å². The van der Waals surface area contributed by atoms with Crippen LogP contribution in [0.3, 0.4) is 0 Å². The van der Waals surface area contributed by atoms with E-state index < -0.39 is 0 Å². The fourth-order valence-electron chi connectivity index (χ4n) is 1.80. The van der Waals surface area contributed by atoms with Crippen molar-refractivity contribution in [3.63, 3.8) is 0 Å². The summed E-state index contributed by atoms with van der Waals surface area (Å²) in [5.74, 6) is 0.822. The molecule has 0 saturated heterocycles. The molecule has 0 spiro atoms. The lowest BCUT2D eigenvalue weighted by Crippen LogP contribution is -2.21. The molecule has 0 fully saturated rings. The van der Waals surface area contributed by atoms with E-state index in [2.05, 4.69) is 42.1 Å². The lowest BCUT2D eigenvalue weighted by atomic mass is 10.1. The molecule has 2 aromatic rings. The second-order valence-corrected chi connectivity index (χ2v) is 4.97. The van der Waals surface area contributed by atoms with Gasteiger partial charge in [0.05, 0.1) is 0 Å².